The third-order valence-electron chi connectivity index (χ3n) is 2.56. The average molecular weight is 310 g/mol. The largest absolute Gasteiger partial charge is 0.483 e. The van der Waals surface area contributed by atoms with E-state index in [9.17, 15) is 4.79 Å². The van der Waals surface area contributed by atoms with Gasteiger partial charge in [-0.3, -0.25) is 4.79 Å². The number of hydrogen-bond acceptors (Lipinski definition) is 4. The lowest BCUT2D eigenvalue weighted by Gasteiger charge is -2.21. The number of hydrogen-bond donors (Lipinski definition) is 2. The van der Waals surface area contributed by atoms with Gasteiger partial charge >= 0.3 is 0 Å². The molecule has 0 aliphatic rings. The van der Waals surface area contributed by atoms with Crippen LogP contribution in [0.15, 0.2) is 18.2 Å². The summed E-state index contributed by atoms with van der Waals surface area (Å²) in [6, 6.07) is 7.09. The van der Waals surface area contributed by atoms with E-state index in [1.165, 1.54) is 0 Å². The van der Waals surface area contributed by atoms with Crippen molar-refractivity contribution in [2.75, 3.05) is 13.2 Å². The average Bonchev–Trinajstić information content (AvgIpc) is 2.41. The van der Waals surface area contributed by atoms with Crippen molar-refractivity contribution in [3.05, 3.63) is 28.8 Å². The number of nitriles is 1. The summed E-state index contributed by atoms with van der Waals surface area (Å²) in [4.78, 5) is 11.4. The van der Waals surface area contributed by atoms with Gasteiger partial charge in [-0.1, -0.05) is 11.6 Å². The summed E-state index contributed by atoms with van der Waals surface area (Å²) in [5.74, 6) is 0.268. The standard InChI is InChI=1S/C15H20ClN3O2/c1-15(2,3)19-9-11-8-12(16)4-5-13(11)21-10-14(20)18-7-6-17/h4-5,8,19H,7,9-10H2,1-3H3,(H,18,20). The van der Waals surface area contributed by atoms with E-state index in [0.29, 0.717) is 17.3 Å². The first-order valence-corrected chi connectivity index (χ1v) is 6.99. The van der Waals surface area contributed by atoms with Gasteiger partial charge in [-0.15, -0.1) is 0 Å². The Morgan fingerprint density at radius 1 is 1.43 bits per heavy atom. The fourth-order valence-electron chi connectivity index (χ4n) is 1.52. The van der Waals surface area contributed by atoms with Gasteiger partial charge in [0.05, 0.1) is 6.07 Å². The first-order valence-electron chi connectivity index (χ1n) is 6.62. The van der Waals surface area contributed by atoms with Crippen LogP contribution in [0.25, 0.3) is 0 Å². The highest BCUT2D eigenvalue weighted by Crippen LogP contribution is 2.23. The van der Waals surface area contributed by atoms with E-state index in [1.807, 2.05) is 12.1 Å². The van der Waals surface area contributed by atoms with Gasteiger partial charge in [-0.25, -0.2) is 0 Å². The molecule has 0 radical (unpaired) electrons. The SMILES string of the molecule is CC(C)(C)NCc1cc(Cl)ccc1OCC(=O)NCC#N. The van der Waals surface area contributed by atoms with E-state index < -0.39 is 0 Å². The van der Waals surface area contributed by atoms with Crippen molar-refractivity contribution in [1.82, 2.24) is 10.6 Å². The summed E-state index contributed by atoms with van der Waals surface area (Å²) in [5.41, 5.74) is 0.842. The second kappa shape index (κ2) is 7.87. The monoisotopic (exact) mass is 309 g/mol. The van der Waals surface area contributed by atoms with Gasteiger partial charge < -0.3 is 15.4 Å². The van der Waals surface area contributed by atoms with E-state index in [1.54, 1.807) is 12.1 Å². The molecule has 21 heavy (non-hydrogen) atoms. The van der Waals surface area contributed by atoms with Crippen molar-refractivity contribution in [3.8, 4) is 11.8 Å². The summed E-state index contributed by atoms with van der Waals surface area (Å²) in [6.45, 7) is 6.61. The van der Waals surface area contributed by atoms with E-state index in [-0.39, 0.29) is 24.6 Å². The van der Waals surface area contributed by atoms with Crippen molar-refractivity contribution in [2.45, 2.75) is 32.9 Å². The molecule has 0 aromatic heterocycles. The number of benzene rings is 1. The topological polar surface area (TPSA) is 74.2 Å². The Kier molecular flexibility index (Phi) is 6.47. The van der Waals surface area contributed by atoms with Crippen molar-refractivity contribution in [2.24, 2.45) is 0 Å². The molecule has 0 spiro atoms. The maximum Gasteiger partial charge on any atom is 0.258 e. The first kappa shape index (κ1) is 17.3. The summed E-state index contributed by atoms with van der Waals surface area (Å²) in [5, 5.41) is 14.8. The molecule has 0 saturated heterocycles. The van der Waals surface area contributed by atoms with Gasteiger partial charge in [0.25, 0.3) is 5.91 Å². The van der Waals surface area contributed by atoms with Crippen LogP contribution in [0.5, 0.6) is 5.75 Å². The molecule has 1 amide bonds. The molecule has 5 nitrogen and oxygen atoms in total. The molecule has 1 aromatic carbocycles. The highest BCUT2D eigenvalue weighted by Gasteiger charge is 2.12. The zero-order valence-corrected chi connectivity index (χ0v) is 13.3. The quantitative estimate of drug-likeness (QED) is 0.790. The Morgan fingerprint density at radius 3 is 2.76 bits per heavy atom. The van der Waals surface area contributed by atoms with Crippen LogP contribution >= 0.6 is 11.6 Å². The molecule has 0 saturated carbocycles. The lowest BCUT2D eigenvalue weighted by molar-refractivity contribution is -0.122. The summed E-state index contributed by atoms with van der Waals surface area (Å²) >= 11 is 6.00. The van der Waals surface area contributed by atoms with Crippen molar-refractivity contribution in [3.63, 3.8) is 0 Å². The number of carbonyl (C=O) groups excluding carboxylic acids is 1. The molecule has 0 aliphatic carbocycles. The predicted molar refractivity (Wildman–Crippen MR) is 82.2 cm³/mol. The molecule has 0 heterocycles. The molecular weight excluding hydrogens is 290 g/mol. The smallest absolute Gasteiger partial charge is 0.258 e. The Labute approximate surface area is 130 Å². The number of nitrogens with zero attached hydrogens (tertiary/aromatic N) is 1. The van der Waals surface area contributed by atoms with Crippen LogP contribution in [-0.2, 0) is 11.3 Å². The third kappa shape index (κ3) is 6.98. The lowest BCUT2D eigenvalue weighted by Crippen LogP contribution is -2.35. The number of carbonyl (C=O) groups is 1. The molecule has 2 N–H and O–H groups in total. The highest BCUT2D eigenvalue weighted by atomic mass is 35.5. The van der Waals surface area contributed by atoms with E-state index >= 15 is 0 Å². The number of amides is 1. The van der Waals surface area contributed by atoms with Crippen LogP contribution in [0.1, 0.15) is 26.3 Å². The van der Waals surface area contributed by atoms with E-state index in [2.05, 4.69) is 31.4 Å². The van der Waals surface area contributed by atoms with Gasteiger partial charge in [0.1, 0.15) is 12.3 Å². The van der Waals surface area contributed by atoms with Crippen molar-refractivity contribution < 1.29 is 9.53 Å². The zero-order chi connectivity index (χ0) is 15.9. The maximum absolute atomic E-state index is 11.4. The van der Waals surface area contributed by atoms with Crippen LogP contribution in [0.3, 0.4) is 0 Å². The van der Waals surface area contributed by atoms with Crippen LogP contribution in [0.4, 0.5) is 0 Å². The fourth-order valence-corrected chi connectivity index (χ4v) is 1.71. The molecular formula is C15H20ClN3O2. The van der Waals surface area contributed by atoms with E-state index in [0.717, 1.165) is 5.56 Å². The molecule has 0 atom stereocenters. The second-order valence-electron chi connectivity index (χ2n) is 5.58. The molecule has 114 valence electrons. The molecule has 1 aromatic rings. The lowest BCUT2D eigenvalue weighted by atomic mass is 10.1. The second-order valence-corrected chi connectivity index (χ2v) is 6.02. The van der Waals surface area contributed by atoms with Gasteiger partial charge in [-0.05, 0) is 39.0 Å². The molecule has 0 unspecified atom stereocenters. The van der Waals surface area contributed by atoms with E-state index in [4.69, 9.17) is 21.6 Å². The summed E-state index contributed by atoms with van der Waals surface area (Å²) < 4.78 is 5.50. The maximum atomic E-state index is 11.4. The Balaban J connectivity index is 2.68. The fraction of sp³-hybridized carbons (Fsp3) is 0.467. The minimum absolute atomic E-state index is 0.0265. The minimum Gasteiger partial charge on any atom is -0.483 e. The third-order valence-corrected chi connectivity index (χ3v) is 2.79. The zero-order valence-electron chi connectivity index (χ0n) is 12.5. The number of halogens is 1. The van der Waals surface area contributed by atoms with Crippen molar-refractivity contribution >= 4 is 17.5 Å². The van der Waals surface area contributed by atoms with Crippen LogP contribution in [0, 0.1) is 11.3 Å². The Morgan fingerprint density at radius 2 is 2.14 bits per heavy atom. The minimum atomic E-state index is -0.332. The molecule has 6 heteroatoms. The normalized spacial score (nSPS) is 10.8. The number of ether oxygens (including phenoxy) is 1. The van der Waals surface area contributed by atoms with Gasteiger partial charge in [0.2, 0.25) is 0 Å². The van der Waals surface area contributed by atoms with Gasteiger partial charge in [0, 0.05) is 22.7 Å². The summed E-state index contributed by atoms with van der Waals surface area (Å²) in [7, 11) is 0. The Hall–Kier alpha value is -1.77. The van der Waals surface area contributed by atoms with Gasteiger partial charge in [0.15, 0.2) is 6.61 Å². The highest BCUT2D eigenvalue weighted by molar-refractivity contribution is 6.30. The first-order chi connectivity index (χ1) is 9.81. The predicted octanol–water partition coefficient (Wildman–Crippen LogP) is 2.25. The molecule has 0 aliphatic heterocycles. The molecule has 0 bridgehead atoms. The summed E-state index contributed by atoms with van der Waals surface area (Å²) in [6.07, 6.45) is 0. The number of rotatable bonds is 6. The number of nitrogens with one attached hydrogen (secondary N) is 2. The van der Waals surface area contributed by atoms with Crippen LogP contribution < -0.4 is 15.4 Å². The van der Waals surface area contributed by atoms with Crippen molar-refractivity contribution in [1.29, 1.82) is 5.26 Å². The molecule has 0 fully saturated rings. The van der Waals surface area contributed by atoms with Crippen LogP contribution in [0.2, 0.25) is 5.02 Å². The molecule has 1 rings (SSSR count). The van der Waals surface area contributed by atoms with Crippen LogP contribution in [-0.4, -0.2) is 24.6 Å². The van der Waals surface area contributed by atoms with Gasteiger partial charge in [-0.2, -0.15) is 5.26 Å². The Bertz CT molecular complexity index is 533.